The molecule has 1 aromatic rings. The smallest absolute Gasteiger partial charge is 0.125 e. The molecule has 120 valence electrons. The van der Waals surface area contributed by atoms with Crippen LogP contribution >= 0.6 is 0 Å². The van der Waals surface area contributed by atoms with Crippen LogP contribution in [-0.4, -0.2) is 51.9 Å². The van der Waals surface area contributed by atoms with E-state index in [1.165, 1.54) is 0 Å². The average molecular weight is 298 g/mol. The summed E-state index contributed by atoms with van der Waals surface area (Å²) in [6.07, 6.45) is -0.546. The van der Waals surface area contributed by atoms with E-state index in [1.54, 1.807) is 14.0 Å². The van der Waals surface area contributed by atoms with E-state index in [0.29, 0.717) is 45.4 Å². The summed E-state index contributed by atoms with van der Waals surface area (Å²) in [6.45, 7) is 6.91. The number of benzene rings is 1. The molecule has 0 unspecified atom stereocenters. The van der Waals surface area contributed by atoms with E-state index >= 15 is 0 Å². The highest BCUT2D eigenvalue weighted by Gasteiger charge is 2.09. The van der Waals surface area contributed by atoms with Gasteiger partial charge in [0.15, 0.2) is 0 Å². The highest BCUT2D eigenvalue weighted by Crippen LogP contribution is 2.26. The van der Waals surface area contributed by atoms with Crippen LogP contribution in [0.4, 0.5) is 0 Å². The maximum atomic E-state index is 9.73. The van der Waals surface area contributed by atoms with Crippen LogP contribution in [0.25, 0.3) is 0 Å². The summed E-state index contributed by atoms with van der Waals surface area (Å²) >= 11 is 0. The first-order valence-electron chi connectivity index (χ1n) is 7.21. The highest BCUT2D eigenvalue weighted by molar-refractivity contribution is 5.38. The van der Waals surface area contributed by atoms with E-state index < -0.39 is 6.10 Å². The van der Waals surface area contributed by atoms with Crippen LogP contribution in [0.5, 0.6) is 5.75 Å². The van der Waals surface area contributed by atoms with Crippen LogP contribution in [0, 0.1) is 6.92 Å². The van der Waals surface area contributed by atoms with Crippen LogP contribution in [0.2, 0.25) is 0 Å². The molecule has 1 atom stereocenters. The number of hydrogen-bond acceptors (Lipinski definition) is 5. The number of ether oxygens (including phenoxy) is 4. The molecule has 0 aliphatic rings. The molecule has 0 aliphatic heterocycles. The Labute approximate surface area is 126 Å². The normalized spacial score (nSPS) is 12.4. The second-order valence-electron chi connectivity index (χ2n) is 4.78. The summed E-state index contributed by atoms with van der Waals surface area (Å²) in [5, 5.41) is 9.73. The molecular weight excluding hydrogens is 272 g/mol. The molecule has 0 radical (unpaired) electrons. The van der Waals surface area contributed by atoms with Gasteiger partial charge in [0.1, 0.15) is 12.4 Å². The summed E-state index contributed by atoms with van der Waals surface area (Å²) in [5.74, 6) is 0.704. The molecule has 5 heteroatoms. The zero-order chi connectivity index (χ0) is 15.5. The Morgan fingerprint density at radius 2 is 1.62 bits per heavy atom. The molecule has 5 nitrogen and oxygen atoms in total. The predicted octanol–water partition coefficient (Wildman–Crippen LogP) is 2.11. The third-order valence-corrected chi connectivity index (χ3v) is 2.90. The molecule has 1 N–H and O–H groups in total. The van der Waals surface area contributed by atoms with Crippen LogP contribution < -0.4 is 4.74 Å². The Balaban J connectivity index is 2.18. The van der Waals surface area contributed by atoms with Gasteiger partial charge >= 0.3 is 0 Å². The molecule has 0 spiro atoms. The van der Waals surface area contributed by atoms with E-state index in [-0.39, 0.29) is 0 Å². The molecule has 0 fully saturated rings. The van der Waals surface area contributed by atoms with E-state index in [2.05, 4.69) is 0 Å². The topological polar surface area (TPSA) is 57.2 Å². The molecule has 0 aromatic heterocycles. The minimum Gasteiger partial charge on any atom is -0.491 e. The molecule has 0 heterocycles. The maximum absolute atomic E-state index is 9.73. The zero-order valence-electron chi connectivity index (χ0n) is 13.1. The van der Waals surface area contributed by atoms with Crippen LogP contribution in [0.15, 0.2) is 18.2 Å². The van der Waals surface area contributed by atoms with Crippen molar-refractivity contribution in [2.45, 2.75) is 20.0 Å². The van der Waals surface area contributed by atoms with Gasteiger partial charge in [0, 0.05) is 12.7 Å². The summed E-state index contributed by atoms with van der Waals surface area (Å²) < 4.78 is 21.2. The first-order valence-corrected chi connectivity index (χ1v) is 7.21. The molecule has 1 aromatic carbocycles. The second-order valence-corrected chi connectivity index (χ2v) is 4.78. The number of aliphatic hydroxyl groups is 1. The first kappa shape index (κ1) is 17.9. The fourth-order valence-corrected chi connectivity index (χ4v) is 1.80. The van der Waals surface area contributed by atoms with E-state index in [0.717, 1.165) is 11.1 Å². The van der Waals surface area contributed by atoms with Gasteiger partial charge in [-0.15, -0.1) is 0 Å². The van der Waals surface area contributed by atoms with Crippen LogP contribution in [-0.2, 0) is 14.2 Å². The SMILES string of the molecule is COCCOCCOCCOc1ccc(C)cc1[C@H](C)O. The minimum absolute atomic E-state index is 0.445. The number of rotatable bonds is 11. The summed E-state index contributed by atoms with van der Waals surface area (Å²) in [5.41, 5.74) is 1.90. The van der Waals surface area contributed by atoms with Crippen molar-refractivity contribution in [2.24, 2.45) is 0 Å². The summed E-state index contributed by atoms with van der Waals surface area (Å²) in [7, 11) is 1.64. The van der Waals surface area contributed by atoms with Crippen LogP contribution in [0.3, 0.4) is 0 Å². The Kier molecular flexibility index (Phi) is 9.01. The van der Waals surface area contributed by atoms with Gasteiger partial charge in [0.25, 0.3) is 0 Å². The van der Waals surface area contributed by atoms with E-state index in [9.17, 15) is 5.11 Å². The lowest BCUT2D eigenvalue weighted by molar-refractivity contribution is 0.0177. The minimum atomic E-state index is -0.546. The maximum Gasteiger partial charge on any atom is 0.125 e. The number of aryl methyl sites for hydroxylation is 1. The van der Waals surface area contributed by atoms with E-state index in [1.807, 2.05) is 25.1 Å². The number of hydrogen-bond donors (Lipinski definition) is 1. The third kappa shape index (κ3) is 7.43. The largest absolute Gasteiger partial charge is 0.491 e. The Morgan fingerprint density at radius 3 is 2.24 bits per heavy atom. The number of aliphatic hydroxyl groups excluding tert-OH is 1. The fraction of sp³-hybridized carbons (Fsp3) is 0.625. The Hall–Kier alpha value is -1.14. The van der Waals surface area contributed by atoms with Gasteiger partial charge < -0.3 is 24.1 Å². The molecule has 0 bridgehead atoms. The first-order chi connectivity index (χ1) is 10.1. The van der Waals surface area contributed by atoms with Gasteiger partial charge in [-0.05, 0) is 26.0 Å². The standard InChI is InChI=1S/C16H26O5/c1-13-4-5-16(15(12-13)14(2)17)21-11-10-20-9-8-19-7-6-18-3/h4-5,12,14,17H,6-11H2,1-3H3/t14-/m0/s1. The highest BCUT2D eigenvalue weighted by atomic mass is 16.6. The lowest BCUT2D eigenvalue weighted by Gasteiger charge is -2.14. The zero-order valence-corrected chi connectivity index (χ0v) is 13.1. The van der Waals surface area contributed by atoms with Crippen molar-refractivity contribution in [3.8, 4) is 5.75 Å². The second kappa shape index (κ2) is 10.6. The molecule has 0 aliphatic carbocycles. The van der Waals surface area contributed by atoms with Gasteiger partial charge in [0.05, 0.1) is 39.1 Å². The molecule has 0 saturated carbocycles. The van der Waals surface area contributed by atoms with Crippen molar-refractivity contribution >= 4 is 0 Å². The lowest BCUT2D eigenvalue weighted by Crippen LogP contribution is -2.13. The Bertz CT molecular complexity index is 392. The van der Waals surface area contributed by atoms with E-state index in [4.69, 9.17) is 18.9 Å². The summed E-state index contributed by atoms with van der Waals surface area (Å²) in [6, 6.07) is 5.78. The molecule has 21 heavy (non-hydrogen) atoms. The quantitative estimate of drug-likeness (QED) is 0.634. The van der Waals surface area contributed by atoms with Gasteiger partial charge in [-0.3, -0.25) is 0 Å². The monoisotopic (exact) mass is 298 g/mol. The fourth-order valence-electron chi connectivity index (χ4n) is 1.80. The van der Waals surface area contributed by atoms with Gasteiger partial charge in [-0.1, -0.05) is 11.6 Å². The number of methoxy groups -OCH3 is 1. The van der Waals surface area contributed by atoms with Crippen molar-refractivity contribution in [3.05, 3.63) is 29.3 Å². The third-order valence-electron chi connectivity index (χ3n) is 2.90. The van der Waals surface area contributed by atoms with Crippen molar-refractivity contribution in [1.29, 1.82) is 0 Å². The summed E-state index contributed by atoms with van der Waals surface area (Å²) in [4.78, 5) is 0. The molecule has 0 amide bonds. The van der Waals surface area contributed by atoms with Crippen molar-refractivity contribution < 1.29 is 24.1 Å². The molecule has 1 rings (SSSR count). The average Bonchev–Trinajstić information content (AvgIpc) is 2.46. The molecule has 0 saturated heterocycles. The van der Waals surface area contributed by atoms with Gasteiger partial charge in [-0.25, -0.2) is 0 Å². The Morgan fingerprint density at radius 1 is 1.00 bits per heavy atom. The van der Waals surface area contributed by atoms with Gasteiger partial charge in [0.2, 0.25) is 0 Å². The molecular formula is C16H26O5. The predicted molar refractivity (Wildman–Crippen MR) is 80.8 cm³/mol. The van der Waals surface area contributed by atoms with Crippen molar-refractivity contribution in [2.75, 3.05) is 46.8 Å². The van der Waals surface area contributed by atoms with Gasteiger partial charge in [-0.2, -0.15) is 0 Å². The van der Waals surface area contributed by atoms with Crippen molar-refractivity contribution in [3.63, 3.8) is 0 Å². The van der Waals surface area contributed by atoms with Crippen molar-refractivity contribution in [1.82, 2.24) is 0 Å². The lowest BCUT2D eigenvalue weighted by atomic mass is 10.1. The van der Waals surface area contributed by atoms with Crippen LogP contribution in [0.1, 0.15) is 24.2 Å².